The lowest BCUT2D eigenvalue weighted by Crippen LogP contribution is -2.27. The van der Waals surface area contributed by atoms with E-state index < -0.39 is 0 Å². The molecule has 3 heteroatoms. The highest BCUT2D eigenvalue weighted by Crippen LogP contribution is 2.16. The quantitative estimate of drug-likeness (QED) is 0.774. The molecule has 0 aliphatic heterocycles. The predicted molar refractivity (Wildman–Crippen MR) is 88.0 cm³/mol. The summed E-state index contributed by atoms with van der Waals surface area (Å²) in [6, 6.07) is 13.5. The van der Waals surface area contributed by atoms with E-state index >= 15 is 0 Å². The number of hydrogen-bond donors (Lipinski definition) is 1. The van der Waals surface area contributed by atoms with Crippen molar-refractivity contribution < 1.29 is 0 Å². The number of aryl methyl sites for hydroxylation is 1. The molecule has 0 saturated carbocycles. The van der Waals surface area contributed by atoms with E-state index in [2.05, 4.69) is 70.1 Å². The monoisotopic (exact) mass is 337 g/mol. The van der Waals surface area contributed by atoms with Crippen LogP contribution < -0.4 is 5.32 Å². The Morgan fingerprint density at radius 1 is 1.26 bits per heavy atom. The summed E-state index contributed by atoms with van der Waals surface area (Å²) in [6.07, 6.45) is 4.77. The fourth-order valence-electron chi connectivity index (χ4n) is 2.27. The van der Waals surface area contributed by atoms with Gasteiger partial charge in [0.05, 0.1) is 0 Å². The maximum atomic E-state index is 3.53. The van der Waals surface area contributed by atoms with Gasteiger partial charge in [0.2, 0.25) is 0 Å². The number of benzene rings is 1. The van der Waals surface area contributed by atoms with Crippen LogP contribution in [0.2, 0.25) is 0 Å². The van der Waals surface area contributed by atoms with Gasteiger partial charge in [0, 0.05) is 15.4 Å². The topological polar surface area (TPSA) is 12.0 Å². The second kappa shape index (κ2) is 7.83. The van der Waals surface area contributed by atoms with Crippen LogP contribution in [0.4, 0.5) is 0 Å². The molecule has 1 aromatic carbocycles. The molecule has 1 atom stereocenters. The fraction of sp³-hybridized carbons (Fsp3) is 0.375. The third-order valence-electron chi connectivity index (χ3n) is 3.34. The first-order chi connectivity index (χ1) is 9.28. The summed E-state index contributed by atoms with van der Waals surface area (Å²) in [5, 5.41) is 5.60. The summed E-state index contributed by atoms with van der Waals surface area (Å²) in [4.78, 5) is 1.50. The van der Waals surface area contributed by atoms with Gasteiger partial charge in [-0.15, -0.1) is 11.3 Å². The van der Waals surface area contributed by atoms with Crippen LogP contribution in [0.15, 0.2) is 46.3 Å². The molecular formula is C16H20BrNS. The summed E-state index contributed by atoms with van der Waals surface area (Å²) < 4.78 is 1.17. The maximum Gasteiger partial charge on any atom is 0.0178 e. The molecule has 19 heavy (non-hydrogen) atoms. The van der Waals surface area contributed by atoms with Crippen molar-refractivity contribution in [1.82, 2.24) is 5.32 Å². The molecule has 0 aliphatic carbocycles. The van der Waals surface area contributed by atoms with Gasteiger partial charge in [-0.1, -0.05) is 34.1 Å². The smallest absolute Gasteiger partial charge is 0.0178 e. The van der Waals surface area contributed by atoms with Crippen LogP contribution in [0.25, 0.3) is 0 Å². The normalized spacial score (nSPS) is 12.5. The van der Waals surface area contributed by atoms with Crippen molar-refractivity contribution in [2.24, 2.45) is 0 Å². The Hall–Kier alpha value is -0.640. The third-order valence-corrected chi connectivity index (χ3v) is 4.76. The van der Waals surface area contributed by atoms with Gasteiger partial charge in [-0.25, -0.2) is 0 Å². The highest BCUT2D eigenvalue weighted by Gasteiger charge is 2.07. The van der Waals surface area contributed by atoms with Crippen molar-refractivity contribution >= 4 is 27.3 Å². The van der Waals surface area contributed by atoms with Crippen molar-refractivity contribution in [1.29, 1.82) is 0 Å². The third kappa shape index (κ3) is 5.09. The van der Waals surface area contributed by atoms with Crippen molar-refractivity contribution in [3.05, 3.63) is 56.7 Å². The van der Waals surface area contributed by atoms with Gasteiger partial charge in [0.25, 0.3) is 0 Å². The first-order valence-electron chi connectivity index (χ1n) is 6.72. The number of hydrogen-bond acceptors (Lipinski definition) is 2. The summed E-state index contributed by atoms with van der Waals surface area (Å²) in [5.41, 5.74) is 1.39. The molecule has 0 saturated heterocycles. The second-order valence-electron chi connectivity index (χ2n) is 4.79. The average molecular weight is 338 g/mol. The number of halogens is 1. The van der Waals surface area contributed by atoms with E-state index in [1.807, 2.05) is 11.3 Å². The lowest BCUT2D eigenvalue weighted by Gasteiger charge is -2.16. The molecule has 0 radical (unpaired) electrons. The number of thiophene rings is 1. The lowest BCUT2D eigenvalue weighted by atomic mass is 10.0. The minimum absolute atomic E-state index is 0.564. The van der Waals surface area contributed by atoms with Crippen molar-refractivity contribution in [3.63, 3.8) is 0 Å². The Balaban J connectivity index is 1.80. The van der Waals surface area contributed by atoms with E-state index in [1.165, 1.54) is 34.2 Å². The Bertz CT molecular complexity index is 481. The Morgan fingerprint density at radius 3 is 2.84 bits per heavy atom. The predicted octanol–water partition coefficient (Wildman–Crippen LogP) is 4.66. The highest BCUT2D eigenvalue weighted by atomic mass is 79.9. The zero-order valence-corrected chi connectivity index (χ0v) is 13.6. The van der Waals surface area contributed by atoms with Crippen LogP contribution in [0, 0.1) is 0 Å². The standard InChI is InChI=1S/C16H20BrNS/c1-18-15(7-3-8-16-9-4-10-19-16)12-13-5-2-6-14(17)11-13/h2,4-6,9-11,15,18H,3,7-8,12H2,1H3. The molecule has 1 N–H and O–H groups in total. The number of nitrogens with one attached hydrogen (secondary N) is 1. The molecular weight excluding hydrogens is 318 g/mol. The molecule has 1 unspecified atom stereocenters. The summed E-state index contributed by atoms with van der Waals surface area (Å²) in [6.45, 7) is 0. The highest BCUT2D eigenvalue weighted by molar-refractivity contribution is 9.10. The number of rotatable bonds is 7. The van der Waals surface area contributed by atoms with E-state index in [9.17, 15) is 0 Å². The molecule has 0 aliphatic rings. The van der Waals surface area contributed by atoms with Crippen LogP contribution in [0.1, 0.15) is 23.3 Å². The first-order valence-corrected chi connectivity index (χ1v) is 8.39. The molecule has 0 amide bonds. The van der Waals surface area contributed by atoms with Crippen LogP contribution >= 0.6 is 27.3 Å². The van der Waals surface area contributed by atoms with E-state index in [4.69, 9.17) is 0 Å². The molecule has 0 fully saturated rings. The summed E-state index contributed by atoms with van der Waals surface area (Å²) >= 11 is 5.40. The summed E-state index contributed by atoms with van der Waals surface area (Å²) in [5.74, 6) is 0. The minimum Gasteiger partial charge on any atom is -0.317 e. The SMILES string of the molecule is CNC(CCCc1cccs1)Cc1cccc(Br)c1. The number of likely N-dealkylation sites (N-methyl/N-ethyl adjacent to an activating group) is 1. The molecule has 102 valence electrons. The largest absolute Gasteiger partial charge is 0.317 e. The van der Waals surface area contributed by atoms with Crippen molar-refractivity contribution in [3.8, 4) is 0 Å². The van der Waals surface area contributed by atoms with Crippen molar-refractivity contribution in [2.75, 3.05) is 7.05 Å². The van der Waals surface area contributed by atoms with E-state index in [0.717, 1.165) is 6.42 Å². The van der Waals surface area contributed by atoms with Crippen LogP contribution in [-0.4, -0.2) is 13.1 Å². The Morgan fingerprint density at radius 2 is 2.16 bits per heavy atom. The molecule has 0 spiro atoms. The second-order valence-corrected chi connectivity index (χ2v) is 6.74. The molecule has 2 aromatic rings. The molecule has 1 aromatic heterocycles. The van der Waals surface area contributed by atoms with Crippen LogP contribution in [0.3, 0.4) is 0 Å². The van der Waals surface area contributed by atoms with Gasteiger partial charge in [-0.3, -0.25) is 0 Å². The van der Waals surface area contributed by atoms with Gasteiger partial charge in [0.1, 0.15) is 0 Å². The van der Waals surface area contributed by atoms with Gasteiger partial charge in [-0.05, 0) is 61.9 Å². The zero-order valence-electron chi connectivity index (χ0n) is 11.2. The average Bonchev–Trinajstić information content (AvgIpc) is 2.91. The van der Waals surface area contributed by atoms with Crippen molar-refractivity contribution in [2.45, 2.75) is 31.7 Å². The Kier molecular flexibility index (Phi) is 6.08. The summed E-state index contributed by atoms with van der Waals surface area (Å²) in [7, 11) is 2.06. The molecule has 2 rings (SSSR count). The van der Waals surface area contributed by atoms with Gasteiger partial charge in [-0.2, -0.15) is 0 Å². The van der Waals surface area contributed by atoms with Gasteiger partial charge >= 0.3 is 0 Å². The van der Waals surface area contributed by atoms with E-state index in [0.29, 0.717) is 6.04 Å². The van der Waals surface area contributed by atoms with Gasteiger partial charge < -0.3 is 5.32 Å². The van der Waals surface area contributed by atoms with E-state index in [-0.39, 0.29) is 0 Å². The Labute approximate surface area is 128 Å². The van der Waals surface area contributed by atoms with Gasteiger partial charge in [0.15, 0.2) is 0 Å². The minimum atomic E-state index is 0.564. The zero-order chi connectivity index (χ0) is 13.5. The van der Waals surface area contributed by atoms with E-state index in [1.54, 1.807) is 0 Å². The molecule has 0 bridgehead atoms. The molecule has 1 nitrogen and oxygen atoms in total. The first kappa shape index (κ1) is 14.8. The van der Waals surface area contributed by atoms with Crippen LogP contribution in [-0.2, 0) is 12.8 Å². The maximum absolute atomic E-state index is 3.53. The fourth-order valence-corrected chi connectivity index (χ4v) is 3.47. The van der Waals surface area contributed by atoms with Crippen LogP contribution in [0.5, 0.6) is 0 Å². The lowest BCUT2D eigenvalue weighted by molar-refractivity contribution is 0.503. The molecule has 1 heterocycles.